The van der Waals surface area contributed by atoms with E-state index in [2.05, 4.69) is 10.6 Å². The second-order valence-corrected chi connectivity index (χ2v) is 5.60. The minimum absolute atomic E-state index is 0.104. The number of rotatable bonds is 4. The van der Waals surface area contributed by atoms with Crippen molar-refractivity contribution in [2.75, 3.05) is 5.32 Å². The van der Waals surface area contributed by atoms with E-state index in [9.17, 15) is 13.6 Å². The molecule has 2 heterocycles. The average Bonchev–Trinajstić information content (AvgIpc) is 3.19. The van der Waals surface area contributed by atoms with Crippen LogP contribution in [0.15, 0.2) is 52.3 Å². The lowest BCUT2D eigenvalue weighted by atomic mass is 10.3. The second kappa shape index (κ2) is 6.62. The number of amides is 2. The quantitative estimate of drug-likeness (QED) is 0.732. The molecule has 0 fully saturated rings. The molecule has 3 aromatic rings. The smallest absolute Gasteiger partial charge is 0.319 e. The average molecular weight is 334 g/mol. The molecule has 3 rings (SSSR count). The third-order valence-corrected chi connectivity index (χ3v) is 3.93. The van der Waals surface area contributed by atoms with Gasteiger partial charge in [0.1, 0.15) is 28.8 Å². The third-order valence-electron chi connectivity index (χ3n) is 3.05. The molecule has 2 aromatic heterocycles. The number of hydrogen-bond donors (Lipinski definition) is 2. The van der Waals surface area contributed by atoms with Crippen LogP contribution < -0.4 is 10.6 Å². The Bertz CT molecular complexity index is 795. The number of thiophene rings is 1. The molecule has 23 heavy (non-hydrogen) atoms. The molecule has 4 nitrogen and oxygen atoms in total. The number of nitrogens with one attached hydrogen (secondary N) is 2. The van der Waals surface area contributed by atoms with Crippen LogP contribution in [0.4, 0.5) is 19.3 Å². The first-order valence-corrected chi connectivity index (χ1v) is 7.63. The first-order chi connectivity index (χ1) is 11.1. The summed E-state index contributed by atoms with van der Waals surface area (Å²) in [7, 11) is 0. The molecule has 0 aliphatic rings. The summed E-state index contributed by atoms with van der Waals surface area (Å²) in [5.74, 6) is -0.425. The lowest BCUT2D eigenvalue weighted by molar-refractivity contribution is 0.250. The van der Waals surface area contributed by atoms with Gasteiger partial charge in [0.25, 0.3) is 0 Å². The summed E-state index contributed by atoms with van der Waals surface area (Å²) in [6.45, 7) is 0.104. The minimum atomic E-state index is -0.835. The fourth-order valence-electron chi connectivity index (χ4n) is 1.97. The fourth-order valence-corrected chi connectivity index (χ4v) is 2.65. The Morgan fingerprint density at radius 3 is 2.57 bits per heavy atom. The molecule has 2 amide bonds. The number of anilines is 1. The molecule has 0 unspecified atom stereocenters. The second-order valence-electron chi connectivity index (χ2n) is 4.65. The van der Waals surface area contributed by atoms with E-state index < -0.39 is 23.4 Å². The molecule has 7 heteroatoms. The maximum atomic E-state index is 13.4. The van der Waals surface area contributed by atoms with Gasteiger partial charge in [0.15, 0.2) is 0 Å². The van der Waals surface area contributed by atoms with Gasteiger partial charge in [-0.2, -0.15) is 0 Å². The van der Waals surface area contributed by atoms with E-state index in [1.54, 1.807) is 23.5 Å². The van der Waals surface area contributed by atoms with Gasteiger partial charge in [0, 0.05) is 0 Å². The van der Waals surface area contributed by atoms with Crippen LogP contribution in [0.3, 0.4) is 0 Å². The van der Waals surface area contributed by atoms with E-state index in [0.29, 0.717) is 11.5 Å². The van der Waals surface area contributed by atoms with Gasteiger partial charge in [-0.1, -0.05) is 12.1 Å². The van der Waals surface area contributed by atoms with Gasteiger partial charge in [-0.05, 0) is 35.7 Å². The Hall–Kier alpha value is -2.67. The minimum Gasteiger partial charge on any atom is -0.458 e. The van der Waals surface area contributed by atoms with Crippen molar-refractivity contribution in [1.29, 1.82) is 0 Å². The molecule has 118 valence electrons. The summed E-state index contributed by atoms with van der Waals surface area (Å²) in [4.78, 5) is 12.7. The highest BCUT2D eigenvalue weighted by molar-refractivity contribution is 7.13. The van der Waals surface area contributed by atoms with Crippen LogP contribution in [-0.2, 0) is 6.54 Å². The van der Waals surface area contributed by atoms with Crippen molar-refractivity contribution >= 4 is 23.1 Å². The summed E-state index contributed by atoms with van der Waals surface area (Å²) >= 11 is 1.54. The zero-order valence-corrected chi connectivity index (χ0v) is 12.6. The Morgan fingerprint density at radius 2 is 1.87 bits per heavy atom. The Labute approximate surface area is 134 Å². The van der Waals surface area contributed by atoms with Crippen LogP contribution in [0.1, 0.15) is 5.76 Å². The van der Waals surface area contributed by atoms with Crippen molar-refractivity contribution < 1.29 is 18.0 Å². The summed E-state index contributed by atoms with van der Waals surface area (Å²) in [5.41, 5.74) is -0.483. The molecule has 0 radical (unpaired) electrons. The molecule has 0 spiro atoms. The molecule has 0 saturated carbocycles. The molecule has 0 aliphatic heterocycles. The van der Waals surface area contributed by atoms with E-state index in [4.69, 9.17) is 4.42 Å². The molecule has 0 saturated heterocycles. The SMILES string of the molecule is O=C(NCc1ccc(-c2cccs2)o1)Nc1c(F)cccc1F. The van der Waals surface area contributed by atoms with Crippen LogP contribution in [-0.4, -0.2) is 6.03 Å². The van der Waals surface area contributed by atoms with Gasteiger partial charge in [0.05, 0.1) is 11.4 Å². The highest BCUT2D eigenvalue weighted by Crippen LogP contribution is 2.26. The number of urea groups is 1. The summed E-state index contributed by atoms with van der Waals surface area (Å²) in [6.07, 6.45) is 0. The number of para-hydroxylation sites is 1. The molecule has 1 aromatic carbocycles. The predicted octanol–water partition coefficient (Wildman–Crippen LogP) is 4.61. The highest BCUT2D eigenvalue weighted by atomic mass is 32.1. The number of furan rings is 1. The number of benzene rings is 1. The van der Waals surface area contributed by atoms with Crippen LogP contribution in [0.25, 0.3) is 10.6 Å². The molecule has 0 aliphatic carbocycles. The zero-order valence-electron chi connectivity index (χ0n) is 11.8. The molecule has 2 N–H and O–H groups in total. The van der Waals surface area contributed by atoms with Gasteiger partial charge < -0.3 is 15.1 Å². The molecule has 0 bridgehead atoms. The van der Waals surface area contributed by atoms with Crippen molar-refractivity contribution in [3.8, 4) is 10.6 Å². The number of carbonyl (C=O) groups excluding carboxylic acids is 1. The normalized spacial score (nSPS) is 10.5. The maximum Gasteiger partial charge on any atom is 0.319 e. The number of halogens is 2. The predicted molar refractivity (Wildman–Crippen MR) is 84.2 cm³/mol. The zero-order chi connectivity index (χ0) is 16.2. The third kappa shape index (κ3) is 3.57. The summed E-state index contributed by atoms with van der Waals surface area (Å²) < 4.78 is 32.5. The van der Waals surface area contributed by atoms with Crippen LogP contribution in [0.5, 0.6) is 0 Å². The lowest BCUT2D eigenvalue weighted by Gasteiger charge is -2.08. The van der Waals surface area contributed by atoms with Crippen LogP contribution in [0, 0.1) is 11.6 Å². The lowest BCUT2D eigenvalue weighted by Crippen LogP contribution is -2.28. The summed E-state index contributed by atoms with van der Waals surface area (Å²) in [6, 6.07) is 10.0. The van der Waals surface area contributed by atoms with Crippen molar-refractivity contribution in [3.05, 3.63) is 65.2 Å². The van der Waals surface area contributed by atoms with Gasteiger partial charge in [0.2, 0.25) is 0 Å². The van der Waals surface area contributed by atoms with Crippen molar-refractivity contribution in [2.24, 2.45) is 0 Å². The monoisotopic (exact) mass is 334 g/mol. The Morgan fingerprint density at radius 1 is 1.09 bits per heavy atom. The van der Waals surface area contributed by atoms with Crippen molar-refractivity contribution in [2.45, 2.75) is 6.54 Å². The highest BCUT2D eigenvalue weighted by Gasteiger charge is 2.12. The Kier molecular flexibility index (Phi) is 4.38. The van der Waals surface area contributed by atoms with Gasteiger partial charge in [-0.3, -0.25) is 0 Å². The van der Waals surface area contributed by atoms with Crippen LogP contribution >= 0.6 is 11.3 Å². The maximum absolute atomic E-state index is 13.4. The van der Waals surface area contributed by atoms with E-state index >= 15 is 0 Å². The van der Waals surface area contributed by atoms with Crippen molar-refractivity contribution in [3.63, 3.8) is 0 Å². The first kappa shape index (κ1) is 15.2. The number of hydrogen-bond acceptors (Lipinski definition) is 3. The van der Waals surface area contributed by atoms with E-state index in [1.165, 1.54) is 6.07 Å². The first-order valence-electron chi connectivity index (χ1n) is 6.75. The van der Waals surface area contributed by atoms with Crippen molar-refractivity contribution in [1.82, 2.24) is 5.32 Å². The van der Waals surface area contributed by atoms with E-state index in [1.807, 2.05) is 17.5 Å². The van der Waals surface area contributed by atoms with Gasteiger partial charge in [-0.25, -0.2) is 13.6 Å². The molecular weight excluding hydrogens is 322 g/mol. The topological polar surface area (TPSA) is 54.3 Å². The van der Waals surface area contributed by atoms with E-state index in [0.717, 1.165) is 17.0 Å². The Balaban J connectivity index is 1.59. The molecular formula is C16H12F2N2O2S. The molecule has 0 atom stereocenters. The fraction of sp³-hybridized carbons (Fsp3) is 0.0625. The summed E-state index contributed by atoms with van der Waals surface area (Å²) in [5, 5.41) is 6.57. The van der Waals surface area contributed by atoms with Crippen LogP contribution in [0.2, 0.25) is 0 Å². The van der Waals surface area contributed by atoms with Gasteiger partial charge >= 0.3 is 6.03 Å². The largest absolute Gasteiger partial charge is 0.458 e. The number of carbonyl (C=O) groups is 1. The standard InChI is InChI=1S/C16H12F2N2O2S/c17-11-3-1-4-12(18)15(11)20-16(21)19-9-10-6-7-13(22-10)14-5-2-8-23-14/h1-8H,9H2,(H2,19,20,21). The van der Waals surface area contributed by atoms with E-state index in [-0.39, 0.29) is 6.54 Å². The van der Waals surface area contributed by atoms with Gasteiger partial charge in [-0.15, -0.1) is 11.3 Å².